The molecule has 0 fully saturated rings. The van der Waals surface area contributed by atoms with Crippen LogP contribution in [0.3, 0.4) is 0 Å². The highest BCUT2D eigenvalue weighted by Crippen LogP contribution is 2.16. The van der Waals surface area contributed by atoms with Crippen LogP contribution in [0.2, 0.25) is 0 Å². The summed E-state index contributed by atoms with van der Waals surface area (Å²) >= 11 is 0. The zero-order valence-electron chi connectivity index (χ0n) is 9.98. The number of hydrogen-bond acceptors (Lipinski definition) is 2. The second kappa shape index (κ2) is 7.02. The Kier molecular flexibility index (Phi) is 5.96. The van der Waals surface area contributed by atoms with Crippen LogP contribution in [0.15, 0.2) is 12.2 Å². The topological polar surface area (TPSA) is 29.5 Å². The third-order valence-corrected chi connectivity index (χ3v) is 3.04. The lowest BCUT2D eigenvalue weighted by Crippen LogP contribution is -2.17. The lowest BCUT2D eigenvalue weighted by atomic mass is 9.99. The molecular weight excluding hydrogens is 188 g/mol. The van der Waals surface area contributed by atoms with Gasteiger partial charge >= 0.3 is 0 Å². The van der Waals surface area contributed by atoms with Gasteiger partial charge in [0.2, 0.25) is 0 Å². The van der Waals surface area contributed by atoms with Crippen molar-refractivity contribution in [1.29, 1.82) is 0 Å². The smallest absolute Gasteiger partial charge is 0.0651 e. The molecule has 0 amide bonds. The lowest BCUT2D eigenvalue weighted by molar-refractivity contribution is 0.0574. The molecule has 15 heavy (non-hydrogen) atoms. The fourth-order valence-corrected chi connectivity index (χ4v) is 1.84. The first-order valence-electron chi connectivity index (χ1n) is 6.15. The summed E-state index contributed by atoms with van der Waals surface area (Å²) in [6.07, 6.45) is 9.99. The minimum absolute atomic E-state index is 0.128. The zero-order valence-corrected chi connectivity index (χ0v) is 9.98. The third-order valence-electron chi connectivity index (χ3n) is 3.04. The molecule has 2 atom stereocenters. The van der Waals surface area contributed by atoms with Crippen molar-refractivity contribution in [2.75, 3.05) is 6.61 Å². The monoisotopic (exact) mass is 212 g/mol. The molecule has 0 aromatic rings. The summed E-state index contributed by atoms with van der Waals surface area (Å²) in [6.45, 7) is 4.92. The second-order valence-electron chi connectivity index (χ2n) is 4.76. The van der Waals surface area contributed by atoms with Gasteiger partial charge in [-0.3, -0.25) is 0 Å². The maximum absolute atomic E-state index is 9.62. The largest absolute Gasteiger partial charge is 0.393 e. The van der Waals surface area contributed by atoms with Gasteiger partial charge in [0, 0.05) is 0 Å². The van der Waals surface area contributed by atoms with Crippen LogP contribution in [-0.4, -0.2) is 23.9 Å². The number of unbranched alkanes of at least 4 members (excludes halogenated alkanes) is 1. The number of ether oxygens (including phenoxy) is 1. The van der Waals surface area contributed by atoms with Crippen LogP contribution in [0, 0.1) is 5.92 Å². The highest BCUT2D eigenvalue weighted by atomic mass is 16.5. The van der Waals surface area contributed by atoms with E-state index < -0.39 is 0 Å². The lowest BCUT2D eigenvalue weighted by Gasteiger charge is -2.19. The molecule has 0 aliphatic carbocycles. The molecule has 1 aliphatic heterocycles. The fraction of sp³-hybridized carbons (Fsp3) is 0.846. The Morgan fingerprint density at radius 2 is 2.13 bits per heavy atom. The average Bonchev–Trinajstić information content (AvgIpc) is 2.25. The van der Waals surface area contributed by atoms with Gasteiger partial charge in [0.25, 0.3) is 0 Å². The van der Waals surface area contributed by atoms with Gasteiger partial charge in [0.05, 0.1) is 18.8 Å². The van der Waals surface area contributed by atoms with E-state index in [2.05, 4.69) is 26.0 Å². The van der Waals surface area contributed by atoms with Crippen LogP contribution in [0.5, 0.6) is 0 Å². The Hall–Kier alpha value is -0.340. The summed E-state index contributed by atoms with van der Waals surface area (Å²) < 4.78 is 5.58. The summed E-state index contributed by atoms with van der Waals surface area (Å²) in [4.78, 5) is 0. The van der Waals surface area contributed by atoms with Gasteiger partial charge in [0.15, 0.2) is 0 Å². The van der Waals surface area contributed by atoms with Crippen molar-refractivity contribution in [3.63, 3.8) is 0 Å². The quantitative estimate of drug-likeness (QED) is 0.542. The molecule has 0 radical (unpaired) electrons. The Morgan fingerprint density at radius 3 is 2.73 bits per heavy atom. The molecule has 2 heteroatoms. The van der Waals surface area contributed by atoms with E-state index in [-0.39, 0.29) is 6.10 Å². The summed E-state index contributed by atoms with van der Waals surface area (Å²) in [5, 5.41) is 9.62. The van der Waals surface area contributed by atoms with Crippen molar-refractivity contribution in [1.82, 2.24) is 0 Å². The van der Waals surface area contributed by atoms with Crippen molar-refractivity contribution >= 4 is 0 Å². The van der Waals surface area contributed by atoms with E-state index in [1.165, 1.54) is 6.42 Å². The molecular formula is C13H24O2. The van der Waals surface area contributed by atoms with Crippen molar-refractivity contribution in [3.05, 3.63) is 12.2 Å². The normalized spacial score (nSPS) is 23.3. The molecule has 88 valence electrons. The van der Waals surface area contributed by atoms with Gasteiger partial charge in [-0.2, -0.15) is 0 Å². The Bertz CT molecular complexity index is 187. The maximum atomic E-state index is 9.62. The Labute approximate surface area is 93.3 Å². The van der Waals surface area contributed by atoms with Gasteiger partial charge in [-0.25, -0.2) is 0 Å². The molecule has 0 saturated heterocycles. The highest BCUT2D eigenvalue weighted by Gasteiger charge is 2.11. The first kappa shape index (κ1) is 12.7. The minimum atomic E-state index is -0.128. The van der Waals surface area contributed by atoms with Crippen LogP contribution in [0.25, 0.3) is 0 Å². The van der Waals surface area contributed by atoms with E-state index in [0.717, 1.165) is 32.3 Å². The van der Waals surface area contributed by atoms with E-state index in [0.29, 0.717) is 12.0 Å². The second-order valence-corrected chi connectivity index (χ2v) is 4.76. The minimum Gasteiger partial charge on any atom is -0.393 e. The van der Waals surface area contributed by atoms with E-state index in [4.69, 9.17) is 4.74 Å². The van der Waals surface area contributed by atoms with E-state index >= 15 is 0 Å². The molecule has 1 N–H and O–H groups in total. The molecule has 0 bridgehead atoms. The molecule has 2 nitrogen and oxygen atoms in total. The standard InChI is InChI=1S/C13H24O2/c1-11(2)13(14)9-4-3-7-12-8-5-6-10-15-12/h5-6,11-14H,3-4,7-10H2,1-2H3. The fourth-order valence-electron chi connectivity index (χ4n) is 1.84. The zero-order chi connectivity index (χ0) is 11.1. The van der Waals surface area contributed by atoms with Crippen LogP contribution >= 0.6 is 0 Å². The van der Waals surface area contributed by atoms with Crippen molar-refractivity contribution < 1.29 is 9.84 Å². The molecule has 1 heterocycles. The SMILES string of the molecule is CC(C)C(O)CCCCC1CC=CCO1. The van der Waals surface area contributed by atoms with Gasteiger partial charge in [-0.15, -0.1) is 0 Å². The summed E-state index contributed by atoms with van der Waals surface area (Å²) in [5.74, 6) is 0.388. The number of aliphatic hydroxyl groups excluding tert-OH is 1. The predicted octanol–water partition coefficient (Wildman–Crippen LogP) is 2.91. The van der Waals surface area contributed by atoms with Gasteiger partial charge in [-0.1, -0.05) is 38.8 Å². The van der Waals surface area contributed by atoms with Gasteiger partial charge in [-0.05, 0) is 25.2 Å². The average molecular weight is 212 g/mol. The molecule has 2 unspecified atom stereocenters. The predicted molar refractivity (Wildman–Crippen MR) is 62.8 cm³/mol. The van der Waals surface area contributed by atoms with Gasteiger partial charge < -0.3 is 9.84 Å². The van der Waals surface area contributed by atoms with Crippen LogP contribution in [0.1, 0.15) is 46.0 Å². The van der Waals surface area contributed by atoms with Crippen LogP contribution < -0.4 is 0 Å². The van der Waals surface area contributed by atoms with E-state index in [1.54, 1.807) is 0 Å². The maximum Gasteiger partial charge on any atom is 0.0651 e. The Morgan fingerprint density at radius 1 is 1.33 bits per heavy atom. The number of rotatable bonds is 6. The summed E-state index contributed by atoms with van der Waals surface area (Å²) in [7, 11) is 0. The molecule has 0 aromatic carbocycles. The molecule has 0 saturated carbocycles. The molecule has 0 aromatic heterocycles. The van der Waals surface area contributed by atoms with E-state index in [9.17, 15) is 5.11 Å². The first-order chi connectivity index (χ1) is 7.20. The van der Waals surface area contributed by atoms with E-state index in [1.807, 2.05) is 0 Å². The Balaban J connectivity index is 1.99. The molecule has 1 rings (SSSR count). The first-order valence-corrected chi connectivity index (χ1v) is 6.15. The number of hydrogen-bond donors (Lipinski definition) is 1. The van der Waals surface area contributed by atoms with Crippen LogP contribution in [0.4, 0.5) is 0 Å². The third kappa shape index (κ3) is 5.33. The number of aliphatic hydroxyl groups is 1. The summed E-state index contributed by atoms with van der Waals surface area (Å²) in [6, 6.07) is 0. The van der Waals surface area contributed by atoms with Gasteiger partial charge in [0.1, 0.15) is 0 Å². The summed E-state index contributed by atoms with van der Waals surface area (Å²) in [5.41, 5.74) is 0. The molecule has 1 aliphatic rings. The van der Waals surface area contributed by atoms with Crippen molar-refractivity contribution in [2.45, 2.75) is 58.2 Å². The van der Waals surface area contributed by atoms with Crippen molar-refractivity contribution in [2.24, 2.45) is 5.92 Å². The highest BCUT2D eigenvalue weighted by molar-refractivity contribution is 4.88. The van der Waals surface area contributed by atoms with Crippen LogP contribution in [-0.2, 0) is 4.74 Å². The molecule has 0 spiro atoms. The van der Waals surface area contributed by atoms with Crippen molar-refractivity contribution in [3.8, 4) is 0 Å².